The standard InChI is InChI=1S/C15H28O2Si/c1-6-17-15(16)14(11-18(3,4)5)13-9-7-12(2)8-10-13/h12H,6-11H2,1-5H3. The summed E-state index contributed by atoms with van der Waals surface area (Å²) in [6.07, 6.45) is 4.65. The van der Waals surface area contributed by atoms with Crippen LogP contribution in [-0.2, 0) is 9.53 Å². The lowest BCUT2D eigenvalue weighted by molar-refractivity contribution is -0.138. The first-order valence-electron chi connectivity index (χ1n) is 7.21. The molecule has 1 rings (SSSR count). The number of esters is 1. The van der Waals surface area contributed by atoms with Gasteiger partial charge in [-0.2, -0.15) is 0 Å². The first-order chi connectivity index (χ1) is 8.33. The Morgan fingerprint density at radius 2 is 1.83 bits per heavy atom. The van der Waals surface area contributed by atoms with Crippen LogP contribution in [0.3, 0.4) is 0 Å². The van der Waals surface area contributed by atoms with Gasteiger partial charge in [0.15, 0.2) is 0 Å². The van der Waals surface area contributed by atoms with E-state index in [9.17, 15) is 4.79 Å². The first-order valence-corrected chi connectivity index (χ1v) is 10.9. The molecule has 1 aliphatic carbocycles. The van der Waals surface area contributed by atoms with Crippen LogP contribution in [0.25, 0.3) is 0 Å². The summed E-state index contributed by atoms with van der Waals surface area (Å²) in [7, 11) is -1.27. The Labute approximate surface area is 113 Å². The molecule has 0 unspecified atom stereocenters. The molecule has 2 nitrogen and oxygen atoms in total. The maximum Gasteiger partial charge on any atom is 0.333 e. The normalized spacial score (nSPS) is 20.7. The topological polar surface area (TPSA) is 26.3 Å². The van der Waals surface area contributed by atoms with Crippen LogP contribution in [0, 0.1) is 5.92 Å². The minimum Gasteiger partial charge on any atom is -0.463 e. The molecule has 0 aromatic carbocycles. The van der Waals surface area contributed by atoms with Gasteiger partial charge in [0, 0.05) is 13.6 Å². The molecule has 3 heteroatoms. The Kier molecular flexibility index (Phi) is 5.64. The molecule has 0 saturated heterocycles. The van der Waals surface area contributed by atoms with Crippen LogP contribution in [0.5, 0.6) is 0 Å². The second-order valence-corrected chi connectivity index (χ2v) is 12.2. The summed E-state index contributed by atoms with van der Waals surface area (Å²) in [6, 6.07) is 0.968. The number of hydrogen-bond acceptors (Lipinski definition) is 2. The van der Waals surface area contributed by atoms with Crippen LogP contribution in [0.2, 0.25) is 25.7 Å². The molecule has 0 aliphatic heterocycles. The lowest BCUT2D eigenvalue weighted by Crippen LogP contribution is -2.25. The van der Waals surface area contributed by atoms with Gasteiger partial charge < -0.3 is 4.74 Å². The third kappa shape index (κ3) is 4.97. The van der Waals surface area contributed by atoms with E-state index < -0.39 is 8.07 Å². The lowest BCUT2D eigenvalue weighted by atomic mass is 9.85. The highest BCUT2D eigenvalue weighted by molar-refractivity contribution is 6.77. The zero-order chi connectivity index (χ0) is 13.8. The number of ether oxygens (including phenoxy) is 1. The lowest BCUT2D eigenvalue weighted by Gasteiger charge is -2.25. The van der Waals surface area contributed by atoms with Crippen molar-refractivity contribution in [2.24, 2.45) is 5.92 Å². The van der Waals surface area contributed by atoms with Crippen LogP contribution in [0.1, 0.15) is 39.5 Å². The summed E-state index contributed by atoms with van der Waals surface area (Å²) in [5.41, 5.74) is 2.40. The molecule has 104 valence electrons. The van der Waals surface area contributed by atoms with Gasteiger partial charge in [-0.3, -0.25) is 0 Å². The molecule has 1 aliphatic rings. The van der Waals surface area contributed by atoms with Gasteiger partial charge in [-0.1, -0.05) is 32.1 Å². The zero-order valence-electron chi connectivity index (χ0n) is 12.6. The van der Waals surface area contributed by atoms with Crippen molar-refractivity contribution in [1.82, 2.24) is 0 Å². The summed E-state index contributed by atoms with van der Waals surface area (Å²) in [5, 5.41) is 0. The molecule has 0 heterocycles. The third-order valence-electron chi connectivity index (χ3n) is 3.53. The molecule has 0 aromatic rings. The van der Waals surface area contributed by atoms with Crippen LogP contribution >= 0.6 is 0 Å². The predicted molar refractivity (Wildman–Crippen MR) is 79.4 cm³/mol. The average Bonchev–Trinajstić information content (AvgIpc) is 2.26. The molecule has 0 amide bonds. The summed E-state index contributed by atoms with van der Waals surface area (Å²) >= 11 is 0. The molecule has 1 fully saturated rings. The van der Waals surface area contributed by atoms with E-state index in [1.807, 2.05) is 6.92 Å². The molecule has 0 spiro atoms. The highest BCUT2D eigenvalue weighted by Crippen LogP contribution is 2.33. The molecule has 0 radical (unpaired) electrons. The Morgan fingerprint density at radius 1 is 1.28 bits per heavy atom. The second-order valence-electron chi connectivity index (χ2n) is 6.72. The largest absolute Gasteiger partial charge is 0.463 e. The minimum absolute atomic E-state index is 0.0514. The van der Waals surface area contributed by atoms with Crippen molar-refractivity contribution in [2.75, 3.05) is 6.61 Å². The highest BCUT2D eigenvalue weighted by Gasteiger charge is 2.26. The molecular weight excluding hydrogens is 240 g/mol. The van der Waals surface area contributed by atoms with Crippen LogP contribution in [-0.4, -0.2) is 20.7 Å². The monoisotopic (exact) mass is 268 g/mol. The second kappa shape index (κ2) is 6.55. The van der Waals surface area contributed by atoms with E-state index in [1.165, 1.54) is 18.4 Å². The molecular formula is C15H28O2Si. The van der Waals surface area contributed by atoms with Gasteiger partial charge >= 0.3 is 5.97 Å². The van der Waals surface area contributed by atoms with E-state index in [0.717, 1.165) is 30.4 Å². The Bertz CT molecular complexity index is 316. The number of carbonyl (C=O) groups excluding carboxylic acids is 1. The van der Waals surface area contributed by atoms with Crippen molar-refractivity contribution in [3.63, 3.8) is 0 Å². The SMILES string of the molecule is CCOC(=O)C(C[Si](C)(C)C)=C1CCC(C)CC1. The molecule has 0 atom stereocenters. The summed E-state index contributed by atoms with van der Waals surface area (Å²) < 4.78 is 5.26. The first kappa shape index (κ1) is 15.5. The number of hydrogen-bond donors (Lipinski definition) is 0. The van der Waals surface area contributed by atoms with E-state index in [0.29, 0.717) is 6.61 Å². The van der Waals surface area contributed by atoms with Gasteiger partial charge in [0.05, 0.1) is 6.61 Å². The van der Waals surface area contributed by atoms with Gasteiger partial charge in [-0.25, -0.2) is 4.79 Å². The van der Waals surface area contributed by atoms with Gasteiger partial charge in [0.2, 0.25) is 0 Å². The smallest absolute Gasteiger partial charge is 0.333 e. The van der Waals surface area contributed by atoms with E-state index in [1.54, 1.807) is 0 Å². The van der Waals surface area contributed by atoms with Crippen molar-refractivity contribution in [2.45, 2.75) is 65.2 Å². The van der Waals surface area contributed by atoms with E-state index in [-0.39, 0.29) is 5.97 Å². The maximum absolute atomic E-state index is 12.1. The van der Waals surface area contributed by atoms with Gasteiger partial charge in [0.1, 0.15) is 0 Å². The number of carbonyl (C=O) groups is 1. The van der Waals surface area contributed by atoms with E-state index >= 15 is 0 Å². The van der Waals surface area contributed by atoms with E-state index in [2.05, 4.69) is 26.6 Å². The van der Waals surface area contributed by atoms with Crippen LogP contribution < -0.4 is 0 Å². The Balaban J connectivity index is 2.88. The average molecular weight is 268 g/mol. The van der Waals surface area contributed by atoms with Gasteiger partial charge in [-0.15, -0.1) is 0 Å². The number of allylic oxidation sites excluding steroid dienone is 1. The molecule has 18 heavy (non-hydrogen) atoms. The fourth-order valence-electron chi connectivity index (χ4n) is 2.50. The van der Waals surface area contributed by atoms with Crippen molar-refractivity contribution in [1.29, 1.82) is 0 Å². The Hall–Kier alpha value is -0.573. The fraction of sp³-hybridized carbons (Fsp3) is 0.800. The van der Waals surface area contributed by atoms with Crippen molar-refractivity contribution < 1.29 is 9.53 Å². The van der Waals surface area contributed by atoms with Crippen LogP contribution in [0.4, 0.5) is 0 Å². The highest BCUT2D eigenvalue weighted by atomic mass is 28.3. The molecule has 1 saturated carbocycles. The minimum atomic E-state index is -1.27. The summed E-state index contributed by atoms with van der Waals surface area (Å²) in [6.45, 7) is 11.6. The van der Waals surface area contributed by atoms with Crippen LogP contribution in [0.15, 0.2) is 11.1 Å². The predicted octanol–water partition coefficient (Wildman–Crippen LogP) is 4.39. The molecule has 0 N–H and O–H groups in total. The zero-order valence-corrected chi connectivity index (χ0v) is 13.6. The van der Waals surface area contributed by atoms with E-state index in [4.69, 9.17) is 4.74 Å². The van der Waals surface area contributed by atoms with Crippen molar-refractivity contribution >= 4 is 14.0 Å². The quantitative estimate of drug-likeness (QED) is 0.429. The summed E-state index contributed by atoms with van der Waals surface area (Å²) in [5.74, 6) is 0.758. The third-order valence-corrected chi connectivity index (χ3v) is 4.95. The maximum atomic E-state index is 12.1. The van der Waals surface area contributed by atoms with Crippen molar-refractivity contribution in [3.8, 4) is 0 Å². The Morgan fingerprint density at radius 3 is 2.28 bits per heavy atom. The van der Waals surface area contributed by atoms with Gasteiger partial charge in [-0.05, 0) is 44.6 Å². The molecule has 0 bridgehead atoms. The van der Waals surface area contributed by atoms with Gasteiger partial charge in [0.25, 0.3) is 0 Å². The van der Waals surface area contributed by atoms with Crippen molar-refractivity contribution in [3.05, 3.63) is 11.1 Å². The number of rotatable bonds is 4. The molecule has 0 aromatic heterocycles. The fourth-order valence-corrected chi connectivity index (χ4v) is 3.96. The summed E-state index contributed by atoms with van der Waals surface area (Å²) in [4.78, 5) is 12.1.